The molecule has 1 aliphatic heterocycles. The normalized spacial score (nSPS) is 14.8. The quantitative estimate of drug-likeness (QED) is 0.678. The molecule has 1 fully saturated rings. The van der Waals surface area contributed by atoms with Crippen molar-refractivity contribution in [1.29, 1.82) is 0 Å². The minimum atomic E-state index is -1.11. The smallest absolute Gasteiger partial charge is 0.413 e. The lowest BCUT2D eigenvalue weighted by molar-refractivity contribution is 0.0392. The van der Waals surface area contributed by atoms with Gasteiger partial charge in [0.1, 0.15) is 17.4 Å². The molecule has 1 amide bonds. The monoisotopic (exact) mass is 401 g/mol. The minimum absolute atomic E-state index is 0.149. The Labute approximate surface area is 165 Å². The number of carbonyl (C=O) groups is 1. The summed E-state index contributed by atoms with van der Waals surface area (Å²) >= 11 is 0. The fourth-order valence-corrected chi connectivity index (χ4v) is 3.14. The predicted octanol–water partition coefficient (Wildman–Crippen LogP) is 2.48. The maximum absolute atomic E-state index is 13.4. The lowest BCUT2D eigenvalue weighted by Crippen LogP contribution is -2.43. The van der Waals surface area contributed by atoms with Gasteiger partial charge in [-0.25, -0.2) is 9.18 Å². The molecule has 1 N–H and O–H groups in total. The van der Waals surface area contributed by atoms with E-state index in [1.165, 1.54) is 39.9 Å². The summed E-state index contributed by atoms with van der Waals surface area (Å²) in [6.45, 7) is 3.59. The molecule has 1 saturated heterocycles. The van der Waals surface area contributed by atoms with Crippen LogP contribution in [-0.2, 0) is 4.74 Å². The van der Waals surface area contributed by atoms with Crippen molar-refractivity contribution in [3.63, 3.8) is 0 Å². The third-order valence-corrected chi connectivity index (χ3v) is 4.59. The molecular formula is C19H20FN5O4. The number of benzene rings is 1. The molecule has 10 heteroatoms. The zero-order valence-electron chi connectivity index (χ0n) is 15.6. The minimum Gasteiger partial charge on any atom is -0.465 e. The number of hydrogen-bond donors (Lipinski definition) is 1. The van der Waals surface area contributed by atoms with E-state index in [4.69, 9.17) is 9.47 Å². The van der Waals surface area contributed by atoms with Crippen molar-refractivity contribution in [1.82, 2.24) is 19.5 Å². The number of carboxylic acid groups (broad SMARTS) is 1. The van der Waals surface area contributed by atoms with Gasteiger partial charge in [0.25, 0.3) is 0 Å². The zero-order valence-corrected chi connectivity index (χ0v) is 15.6. The molecule has 1 aliphatic rings. The first-order chi connectivity index (χ1) is 14.1. The second-order valence-electron chi connectivity index (χ2n) is 6.50. The summed E-state index contributed by atoms with van der Waals surface area (Å²) in [5.74, 6) is 0.275. The van der Waals surface area contributed by atoms with Crippen molar-refractivity contribution in [3.8, 4) is 11.6 Å². The molecule has 0 bridgehead atoms. The average molecular weight is 401 g/mol. The molecule has 0 saturated carbocycles. The van der Waals surface area contributed by atoms with Gasteiger partial charge in [-0.3, -0.25) is 9.80 Å². The van der Waals surface area contributed by atoms with Gasteiger partial charge < -0.3 is 14.6 Å². The molecular weight excluding hydrogens is 381 g/mol. The van der Waals surface area contributed by atoms with Gasteiger partial charge in [-0.2, -0.15) is 14.6 Å². The van der Waals surface area contributed by atoms with E-state index < -0.39 is 11.9 Å². The summed E-state index contributed by atoms with van der Waals surface area (Å²) in [5.41, 5.74) is 0.423. The van der Waals surface area contributed by atoms with E-state index in [2.05, 4.69) is 15.0 Å². The lowest BCUT2D eigenvalue weighted by atomic mass is 10.3. The van der Waals surface area contributed by atoms with E-state index in [1.54, 1.807) is 12.1 Å². The van der Waals surface area contributed by atoms with Gasteiger partial charge in [0.05, 0.1) is 19.4 Å². The van der Waals surface area contributed by atoms with Crippen LogP contribution in [0.2, 0.25) is 0 Å². The van der Waals surface area contributed by atoms with Gasteiger partial charge in [0.2, 0.25) is 5.88 Å². The Morgan fingerprint density at radius 1 is 1.28 bits per heavy atom. The molecule has 1 aromatic carbocycles. The molecule has 0 unspecified atom stereocenters. The van der Waals surface area contributed by atoms with Crippen LogP contribution in [0.5, 0.6) is 11.6 Å². The Morgan fingerprint density at radius 3 is 2.86 bits per heavy atom. The number of aromatic nitrogens is 3. The summed E-state index contributed by atoms with van der Waals surface area (Å²) < 4.78 is 25.9. The molecule has 29 heavy (non-hydrogen) atoms. The van der Waals surface area contributed by atoms with Crippen molar-refractivity contribution in [2.24, 2.45) is 0 Å². The molecule has 9 nitrogen and oxygen atoms in total. The number of morpholine rings is 1. The van der Waals surface area contributed by atoms with Crippen molar-refractivity contribution < 1.29 is 23.8 Å². The second-order valence-corrected chi connectivity index (χ2v) is 6.50. The first kappa shape index (κ1) is 19.1. The van der Waals surface area contributed by atoms with Crippen LogP contribution in [0.25, 0.3) is 5.65 Å². The summed E-state index contributed by atoms with van der Waals surface area (Å²) in [5, 5.41) is 14.0. The van der Waals surface area contributed by atoms with Gasteiger partial charge in [-0.1, -0.05) is 6.07 Å². The first-order valence-corrected chi connectivity index (χ1v) is 9.19. The maximum atomic E-state index is 13.4. The summed E-state index contributed by atoms with van der Waals surface area (Å²) in [4.78, 5) is 19.7. The van der Waals surface area contributed by atoms with Crippen molar-refractivity contribution in [2.75, 3.05) is 44.3 Å². The maximum Gasteiger partial charge on any atom is 0.413 e. The van der Waals surface area contributed by atoms with Crippen molar-refractivity contribution in [3.05, 3.63) is 48.4 Å². The molecule has 0 radical (unpaired) electrons. The number of nitrogens with zero attached hydrogens (tertiary/aromatic N) is 5. The van der Waals surface area contributed by atoms with Gasteiger partial charge in [0.15, 0.2) is 5.65 Å². The van der Waals surface area contributed by atoms with Crippen LogP contribution in [0, 0.1) is 5.82 Å². The molecule has 4 rings (SSSR count). The summed E-state index contributed by atoms with van der Waals surface area (Å²) in [6, 6.07) is 8.79. The Bertz CT molecular complexity index is 1010. The number of halogens is 1. The Hall–Kier alpha value is -3.24. The number of ether oxygens (including phenoxy) is 2. The highest BCUT2D eigenvalue weighted by Crippen LogP contribution is 2.26. The largest absolute Gasteiger partial charge is 0.465 e. The molecule has 0 atom stereocenters. The third kappa shape index (κ3) is 4.44. The molecule has 3 heterocycles. The third-order valence-electron chi connectivity index (χ3n) is 4.59. The van der Waals surface area contributed by atoms with Gasteiger partial charge >= 0.3 is 6.09 Å². The van der Waals surface area contributed by atoms with E-state index in [1.807, 2.05) is 0 Å². The number of hydrogen-bond acceptors (Lipinski definition) is 6. The van der Waals surface area contributed by atoms with E-state index in [0.29, 0.717) is 31.2 Å². The van der Waals surface area contributed by atoms with Crippen LogP contribution in [0.1, 0.15) is 0 Å². The zero-order chi connectivity index (χ0) is 20.2. The number of anilines is 1. The van der Waals surface area contributed by atoms with Gasteiger partial charge in [-0.05, 0) is 12.1 Å². The molecule has 0 aliphatic carbocycles. The summed E-state index contributed by atoms with van der Waals surface area (Å²) in [6.07, 6.45) is 0.415. The van der Waals surface area contributed by atoms with Crippen LogP contribution in [0.15, 0.2) is 42.6 Å². The van der Waals surface area contributed by atoms with Crippen LogP contribution in [-0.4, -0.2) is 70.1 Å². The standard InChI is InChI=1S/C19H20FN5O4/c20-14-2-1-3-15(12-14)29-17-13-18(25-16(22-17)4-5-21-25)24(19(26)27)7-6-23-8-10-28-11-9-23/h1-5,12-13H,6-11H2,(H,26,27). The van der Waals surface area contributed by atoms with E-state index in [-0.39, 0.29) is 18.2 Å². The predicted molar refractivity (Wildman–Crippen MR) is 102 cm³/mol. The highest BCUT2D eigenvalue weighted by Gasteiger charge is 2.22. The lowest BCUT2D eigenvalue weighted by Gasteiger charge is -2.29. The van der Waals surface area contributed by atoms with Crippen LogP contribution >= 0.6 is 0 Å². The topological polar surface area (TPSA) is 92.4 Å². The average Bonchev–Trinajstić information content (AvgIpc) is 3.17. The summed E-state index contributed by atoms with van der Waals surface area (Å²) in [7, 11) is 0. The molecule has 152 valence electrons. The Kier molecular flexibility index (Phi) is 5.54. The van der Waals surface area contributed by atoms with Crippen LogP contribution in [0.4, 0.5) is 15.0 Å². The second kappa shape index (κ2) is 8.41. The molecule has 3 aromatic rings. The van der Waals surface area contributed by atoms with E-state index in [9.17, 15) is 14.3 Å². The Morgan fingerprint density at radius 2 is 2.10 bits per heavy atom. The van der Waals surface area contributed by atoms with Crippen molar-refractivity contribution >= 4 is 17.6 Å². The van der Waals surface area contributed by atoms with E-state index >= 15 is 0 Å². The number of rotatable bonds is 6. The fourth-order valence-electron chi connectivity index (χ4n) is 3.14. The SMILES string of the molecule is O=C(O)N(CCN1CCOCC1)c1cc(Oc2cccc(F)c2)nc2ccnn12. The van der Waals surface area contributed by atoms with Crippen LogP contribution < -0.4 is 9.64 Å². The number of fused-ring (bicyclic) bond motifs is 1. The van der Waals surface area contributed by atoms with Crippen molar-refractivity contribution in [2.45, 2.75) is 0 Å². The van der Waals surface area contributed by atoms with E-state index in [0.717, 1.165) is 13.1 Å². The number of amides is 1. The first-order valence-electron chi connectivity index (χ1n) is 9.19. The van der Waals surface area contributed by atoms with Gasteiger partial charge in [-0.15, -0.1) is 0 Å². The van der Waals surface area contributed by atoms with Crippen LogP contribution in [0.3, 0.4) is 0 Å². The Balaban J connectivity index is 1.62. The fraction of sp³-hybridized carbons (Fsp3) is 0.316. The van der Waals surface area contributed by atoms with Gasteiger partial charge in [0, 0.05) is 44.4 Å². The molecule has 0 spiro atoms. The molecule has 2 aromatic heterocycles. The highest BCUT2D eigenvalue weighted by atomic mass is 19.1. The highest BCUT2D eigenvalue weighted by molar-refractivity contribution is 5.85.